The maximum Gasteiger partial charge on any atom is 0.225 e. The summed E-state index contributed by atoms with van der Waals surface area (Å²) < 4.78 is 0. The van der Waals surface area contributed by atoms with Crippen LogP contribution in [0, 0.1) is 6.92 Å². The molecule has 0 fully saturated rings. The third kappa shape index (κ3) is 2.80. The largest absolute Gasteiger partial charge is 0.339 e. The minimum atomic E-state index is 0.0514. The van der Waals surface area contributed by atoms with Crippen LogP contribution in [0.15, 0.2) is 24.3 Å². The molecule has 1 heterocycles. The van der Waals surface area contributed by atoms with Crippen molar-refractivity contribution in [2.75, 3.05) is 5.32 Å². The van der Waals surface area contributed by atoms with Crippen LogP contribution in [-0.2, 0) is 0 Å². The summed E-state index contributed by atoms with van der Waals surface area (Å²) in [5.74, 6) is 0.394. The van der Waals surface area contributed by atoms with Crippen LogP contribution in [0.4, 0.5) is 11.5 Å². The molecule has 3 nitrogen and oxygen atoms in total. The van der Waals surface area contributed by atoms with Gasteiger partial charge in [0.25, 0.3) is 0 Å². The number of nitrogens with one attached hydrogen (secondary N) is 1. The van der Waals surface area contributed by atoms with Gasteiger partial charge in [-0.25, -0.2) is 4.98 Å². The summed E-state index contributed by atoms with van der Waals surface area (Å²) in [6.45, 7) is 1.97. The summed E-state index contributed by atoms with van der Waals surface area (Å²) in [5.41, 5.74) is 1.95. The smallest absolute Gasteiger partial charge is 0.225 e. The first-order valence-electron chi connectivity index (χ1n) is 4.79. The van der Waals surface area contributed by atoms with E-state index in [1.54, 1.807) is 0 Å². The van der Waals surface area contributed by atoms with Gasteiger partial charge in [0.2, 0.25) is 5.28 Å². The van der Waals surface area contributed by atoms with Crippen molar-refractivity contribution in [3.8, 4) is 0 Å². The monoisotopic (exact) mass is 287 g/mol. The zero-order valence-electron chi connectivity index (χ0n) is 8.84. The summed E-state index contributed by atoms with van der Waals surface area (Å²) in [6, 6.07) is 7.74. The standard InChI is InChI=1S/C11H8Cl3N3/c1-6-4-2-3-5-7(6)15-10-8(12)9(13)16-11(14)17-10/h2-5H,1H3,(H,15,16,17). The van der Waals surface area contributed by atoms with Crippen molar-refractivity contribution in [3.63, 3.8) is 0 Å². The SMILES string of the molecule is Cc1ccccc1Nc1nc(Cl)nc(Cl)c1Cl. The van der Waals surface area contributed by atoms with Crippen LogP contribution in [0.1, 0.15) is 5.56 Å². The molecule has 0 aliphatic rings. The molecule has 0 bridgehead atoms. The molecule has 1 aromatic carbocycles. The second-order valence-corrected chi connectivity index (χ2v) is 4.46. The first-order chi connectivity index (χ1) is 8.08. The highest BCUT2D eigenvalue weighted by Gasteiger charge is 2.11. The van der Waals surface area contributed by atoms with E-state index in [4.69, 9.17) is 34.8 Å². The number of benzene rings is 1. The van der Waals surface area contributed by atoms with E-state index < -0.39 is 0 Å². The Morgan fingerprint density at radius 2 is 1.76 bits per heavy atom. The Labute approximate surface area is 114 Å². The molecule has 17 heavy (non-hydrogen) atoms. The maximum absolute atomic E-state index is 5.99. The lowest BCUT2D eigenvalue weighted by Crippen LogP contribution is -1.98. The van der Waals surface area contributed by atoms with Crippen LogP contribution >= 0.6 is 34.8 Å². The number of hydrogen-bond donors (Lipinski definition) is 1. The van der Waals surface area contributed by atoms with E-state index in [-0.39, 0.29) is 15.5 Å². The molecular formula is C11H8Cl3N3. The molecule has 2 aromatic rings. The molecule has 0 saturated heterocycles. The van der Waals surface area contributed by atoms with Gasteiger partial charge in [-0.2, -0.15) is 4.98 Å². The van der Waals surface area contributed by atoms with E-state index in [0.717, 1.165) is 11.3 Å². The van der Waals surface area contributed by atoms with Crippen molar-refractivity contribution < 1.29 is 0 Å². The van der Waals surface area contributed by atoms with Gasteiger partial charge in [-0.3, -0.25) is 0 Å². The highest BCUT2D eigenvalue weighted by Crippen LogP contribution is 2.30. The van der Waals surface area contributed by atoms with E-state index >= 15 is 0 Å². The number of aromatic nitrogens is 2. The molecule has 1 N–H and O–H groups in total. The number of rotatable bonds is 2. The Morgan fingerprint density at radius 3 is 2.47 bits per heavy atom. The summed E-state index contributed by atoms with van der Waals surface area (Å²) in [4.78, 5) is 7.74. The molecule has 1 aromatic heterocycles. The second-order valence-electron chi connectivity index (χ2n) is 3.39. The van der Waals surface area contributed by atoms with Crippen LogP contribution in [0.25, 0.3) is 0 Å². The van der Waals surface area contributed by atoms with Crippen molar-refractivity contribution >= 4 is 46.3 Å². The van der Waals surface area contributed by atoms with Gasteiger partial charge >= 0.3 is 0 Å². The Bertz CT molecular complexity index is 558. The molecule has 0 radical (unpaired) electrons. The maximum atomic E-state index is 5.99. The van der Waals surface area contributed by atoms with E-state index in [1.807, 2.05) is 31.2 Å². The van der Waals surface area contributed by atoms with Crippen LogP contribution in [0.5, 0.6) is 0 Å². The van der Waals surface area contributed by atoms with Gasteiger partial charge < -0.3 is 5.32 Å². The number of para-hydroxylation sites is 1. The normalized spacial score (nSPS) is 10.4. The fourth-order valence-corrected chi connectivity index (χ4v) is 1.83. The van der Waals surface area contributed by atoms with Crippen LogP contribution in [0.2, 0.25) is 15.5 Å². The first-order valence-corrected chi connectivity index (χ1v) is 5.92. The van der Waals surface area contributed by atoms with E-state index in [0.29, 0.717) is 5.82 Å². The third-order valence-corrected chi connectivity index (χ3v) is 3.08. The van der Waals surface area contributed by atoms with Crippen LogP contribution in [-0.4, -0.2) is 9.97 Å². The Balaban J connectivity index is 2.40. The van der Waals surface area contributed by atoms with Gasteiger partial charge in [0.05, 0.1) is 0 Å². The summed E-state index contributed by atoms with van der Waals surface area (Å²) in [6.07, 6.45) is 0. The lowest BCUT2D eigenvalue weighted by molar-refractivity contribution is 1.17. The molecule has 0 spiro atoms. The van der Waals surface area contributed by atoms with Gasteiger partial charge in [-0.15, -0.1) is 0 Å². The van der Waals surface area contributed by atoms with Crippen molar-refractivity contribution in [3.05, 3.63) is 45.3 Å². The van der Waals surface area contributed by atoms with Crippen molar-refractivity contribution in [1.29, 1.82) is 0 Å². The molecule has 0 aliphatic carbocycles. The number of aryl methyl sites for hydroxylation is 1. The second kappa shape index (κ2) is 5.08. The van der Waals surface area contributed by atoms with Gasteiger partial charge in [0.15, 0.2) is 11.0 Å². The molecule has 0 unspecified atom stereocenters. The molecule has 0 aliphatic heterocycles. The zero-order valence-corrected chi connectivity index (χ0v) is 11.1. The lowest BCUT2D eigenvalue weighted by Gasteiger charge is -2.10. The van der Waals surface area contributed by atoms with Gasteiger partial charge in [-0.1, -0.05) is 41.4 Å². The quantitative estimate of drug-likeness (QED) is 0.653. The van der Waals surface area contributed by atoms with E-state index in [9.17, 15) is 0 Å². The van der Waals surface area contributed by atoms with Crippen LogP contribution < -0.4 is 5.32 Å². The predicted octanol–water partition coefficient (Wildman–Crippen LogP) is 4.49. The van der Waals surface area contributed by atoms with Gasteiger partial charge in [0, 0.05) is 5.69 Å². The third-order valence-electron chi connectivity index (χ3n) is 2.18. The van der Waals surface area contributed by atoms with E-state index in [1.165, 1.54) is 0 Å². The van der Waals surface area contributed by atoms with Crippen molar-refractivity contribution in [2.24, 2.45) is 0 Å². The molecule has 2 rings (SSSR count). The number of hydrogen-bond acceptors (Lipinski definition) is 3. The van der Waals surface area contributed by atoms with Gasteiger partial charge in [0.1, 0.15) is 5.02 Å². The molecular weight excluding hydrogens is 281 g/mol. The molecule has 0 atom stereocenters. The number of halogens is 3. The van der Waals surface area contributed by atoms with Crippen LogP contribution in [0.3, 0.4) is 0 Å². The summed E-state index contributed by atoms with van der Waals surface area (Å²) in [7, 11) is 0. The topological polar surface area (TPSA) is 37.8 Å². The first kappa shape index (κ1) is 12.4. The Morgan fingerprint density at radius 1 is 1.06 bits per heavy atom. The minimum Gasteiger partial charge on any atom is -0.339 e. The minimum absolute atomic E-state index is 0.0514. The van der Waals surface area contributed by atoms with Gasteiger partial charge in [-0.05, 0) is 30.2 Å². The molecule has 0 saturated carbocycles. The predicted molar refractivity (Wildman–Crippen MR) is 71.5 cm³/mol. The highest BCUT2D eigenvalue weighted by molar-refractivity contribution is 6.43. The van der Waals surface area contributed by atoms with Crippen molar-refractivity contribution in [2.45, 2.75) is 6.92 Å². The molecule has 88 valence electrons. The molecule has 6 heteroatoms. The average molecular weight is 289 g/mol. The summed E-state index contributed by atoms with van der Waals surface area (Å²) >= 11 is 17.5. The average Bonchev–Trinajstić information content (AvgIpc) is 2.28. The Hall–Kier alpha value is -1.03. The zero-order chi connectivity index (χ0) is 12.4. The Kier molecular flexibility index (Phi) is 3.72. The number of nitrogens with zero attached hydrogens (tertiary/aromatic N) is 2. The van der Waals surface area contributed by atoms with Crippen molar-refractivity contribution in [1.82, 2.24) is 9.97 Å². The fraction of sp³-hybridized carbons (Fsp3) is 0.0909. The van der Waals surface area contributed by atoms with E-state index in [2.05, 4.69) is 15.3 Å². The molecule has 0 amide bonds. The summed E-state index contributed by atoms with van der Waals surface area (Å²) in [5, 5.41) is 3.50. The highest BCUT2D eigenvalue weighted by atomic mass is 35.5. The lowest BCUT2D eigenvalue weighted by atomic mass is 10.2. The number of anilines is 2. The fourth-order valence-electron chi connectivity index (χ4n) is 1.32.